The number of nitriles is 1. The topological polar surface area (TPSA) is 95.5 Å². The molecule has 0 unspecified atom stereocenters. The number of phenolic OH excluding ortho intramolecular Hbond substituents is 1. The molecular formula is C28H20F4N2O4. The van der Waals surface area contributed by atoms with E-state index in [0.717, 1.165) is 30.3 Å². The third kappa shape index (κ3) is 3.65. The van der Waals surface area contributed by atoms with Crippen molar-refractivity contribution >= 4 is 16.9 Å². The second-order valence-corrected chi connectivity index (χ2v) is 9.26. The average molecular weight is 524 g/mol. The first-order chi connectivity index (χ1) is 18.1. The van der Waals surface area contributed by atoms with Gasteiger partial charge in [-0.15, -0.1) is 0 Å². The zero-order valence-electron chi connectivity index (χ0n) is 20.0. The molecule has 0 aliphatic heterocycles. The molecule has 194 valence electrons. The van der Waals surface area contributed by atoms with Crippen LogP contribution in [0.4, 0.5) is 17.6 Å². The standard InChI is InChI=1S/C28H20F4N2O4/c1-38-21-13-15(3-6-18(21)30)34-19-11-14(29)12-20(35)23(19)22(26(34)28(9-10-33)7-2-8-28)16-4-5-17(27(36)37)25(32)24(16)31/h3-6,11-13,35H,2,7-9H2,1H3,(H,36,37). The number of aromatic carboxylic acids is 1. The highest BCUT2D eigenvalue weighted by molar-refractivity contribution is 6.04. The normalized spacial score (nSPS) is 14.2. The van der Waals surface area contributed by atoms with Crippen molar-refractivity contribution in [2.75, 3.05) is 7.11 Å². The Morgan fingerprint density at radius 2 is 1.84 bits per heavy atom. The van der Waals surface area contributed by atoms with Crippen molar-refractivity contribution in [3.63, 3.8) is 0 Å². The van der Waals surface area contributed by atoms with E-state index in [1.807, 2.05) is 0 Å². The highest BCUT2D eigenvalue weighted by atomic mass is 19.2. The molecule has 1 saturated carbocycles. The minimum atomic E-state index is -1.67. The molecule has 0 radical (unpaired) electrons. The van der Waals surface area contributed by atoms with Gasteiger partial charge in [-0.25, -0.2) is 22.4 Å². The molecule has 1 aromatic heterocycles. The Kier molecular flexibility index (Phi) is 6.02. The SMILES string of the molecule is COc1cc(-n2c(C3(CC#N)CCC3)c(-c3ccc(C(=O)O)c(F)c3F)c3c(O)cc(F)cc32)ccc1F. The summed E-state index contributed by atoms with van der Waals surface area (Å²) in [5, 5.41) is 29.8. The first-order valence-corrected chi connectivity index (χ1v) is 11.6. The fourth-order valence-electron chi connectivity index (χ4n) is 5.34. The summed E-state index contributed by atoms with van der Waals surface area (Å²) < 4.78 is 66.1. The Labute approximate surface area is 213 Å². The number of ether oxygens (including phenoxy) is 1. The fourth-order valence-corrected chi connectivity index (χ4v) is 5.34. The number of aromatic hydroxyl groups is 1. The molecule has 0 atom stereocenters. The van der Waals surface area contributed by atoms with Gasteiger partial charge < -0.3 is 19.5 Å². The number of methoxy groups -OCH3 is 1. The summed E-state index contributed by atoms with van der Waals surface area (Å²) in [6.07, 6.45) is 1.63. The van der Waals surface area contributed by atoms with Crippen LogP contribution in [0.5, 0.6) is 11.5 Å². The summed E-state index contributed by atoms with van der Waals surface area (Å²) in [5.41, 5.74) is -1.54. The molecule has 1 heterocycles. The molecule has 0 saturated heterocycles. The summed E-state index contributed by atoms with van der Waals surface area (Å²) in [6, 6.07) is 9.89. The number of aromatic nitrogens is 1. The molecule has 38 heavy (non-hydrogen) atoms. The minimum Gasteiger partial charge on any atom is -0.507 e. The van der Waals surface area contributed by atoms with Crippen molar-refractivity contribution in [1.29, 1.82) is 5.26 Å². The van der Waals surface area contributed by atoms with Crippen molar-refractivity contribution in [3.05, 3.63) is 77.0 Å². The number of phenols is 1. The lowest BCUT2D eigenvalue weighted by Gasteiger charge is -2.42. The van der Waals surface area contributed by atoms with Crippen LogP contribution in [0.15, 0.2) is 42.5 Å². The summed E-state index contributed by atoms with van der Waals surface area (Å²) in [4.78, 5) is 11.4. The summed E-state index contributed by atoms with van der Waals surface area (Å²) in [5.74, 6) is -6.94. The number of carboxylic acid groups (broad SMARTS) is 1. The number of carboxylic acids is 1. The van der Waals surface area contributed by atoms with Gasteiger partial charge in [0.25, 0.3) is 0 Å². The van der Waals surface area contributed by atoms with Crippen molar-refractivity contribution in [1.82, 2.24) is 4.57 Å². The highest BCUT2D eigenvalue weighted by Gasteiger charge is 2.45. The van der Waals surface area contributed by atoms with Crippen LogP contribution in [0.25, 0.3) is 27.7 Å². The van der Waals surface area contributed by atoms with E-state index in [1.54, 1.807) is 0 Å². The number of fused-ring (bicyclic) bond motifs is 1. The largest absolute Gasteiger partial charge is 0.507 e. The lowest BCUT2D eigenvalue weighted by molar-refractivity contribution is 0.0690. The third-order valence-corrected chi connectivity index (χ3v) is 7.22. The summed E-state index contributed by atoms with van der Waals surface area (Å²) >= 11 is 0. The van der Waals surface area contributed by atoms with Crippen LogP contribution >= 0.6 is 0 Å². The molecular weight excluding hydrogens is 504 g/mol. The van der Waals surface area contributed by atoms with E-state index < -0.39 is 46.0 Å². The molecule has 10 heteroatoms. The molecule has 1 fully saturated rings. The van der Waals surface area contributed by atoms with Gasteiger partial charge in [-0.1, -0.05) is 12.5 Å². The molecule has 2 N–H and O–H groups in total. The number of rotatable bonds is 6. The number of carbonyl (C=O) groups is 1. The molecule has 1 aliphatic carbocycles. The smallest absolute Gasteiger partial charge is 0.338 e. The van der Waals surface area contributed by atoms with E-state index in [0.29, 0.717) is 19.3 Å². The zero-order valence-corrected chi connectivity index (χ0v) is 20.0. The number of hydrogen-bond acceptors (Lipinski definition) is 4. The Morgan fingerprint density at radius 3 is 2.45 bits per heavy atom. The van der Waals surface area contributed by atoms with E-state index in [2.05, 4.69) is 6.07 Å². The van der Waals surface area contributed by atoms with Crippen LogP contribution in [-0.4, -0.2) is 27.9 Å². The minimum absolute atomic E-state index is 0.0101. The first kappa shape index (κ1) is 25.1. The van der Waals surface area contributed by atoms with Crippen LogP contribution in [-0.2, 0) is 5.41 Å². The second-order valence-electron chi connectivity index (χ2n) is 9.26. The summed E-state index contributed by atoms with van der Waals surface area (Å²) in [7, 11) is 1.26. The lowest BCUT2D eigenvalue weighted by atomic mass is 9.63. The maximum Gasteiger partial charge on any atom is 0.338 e. The van der Waals surface area contributed by atoms with Crippen molar-refractivity contribution in [3.8, 4) is 34.4 Å². The monoisotopic (exact) mass is 524 g/mol. The van der Waals surface area contributed by atoms with Gasteiger partial charge in [0.15, 0.2) is 23.2 Å². The van der Waals surface area contributed by atoms with Gasteiger partial charge in [0.1, 0.15) is 11.6 Å². The molecule has 5 rings (SSSR count). The third-order valence-electron chi connectivity index (χ3n) is 7.22. The number of hydrogen-bond donors (Lipinski definition) is 2. The second kappa shape index (κ2) is 9.10. The fraction of sp³-hybridized carbons (Fsp3) is 0.214. The van der Waals surface area contributed by atoms with Crippen molar-refractivity contribution < 1.29 is 37.3 Å². The van der Waals surface area contributed by atoms with Gasteiger partial charge in [0, 0.05) is 46.5 Å². The van der Waals surface area contributed by atoms with Crippen LogP contribution in [0.3, 0.4) is 0 Å². The maximum absolute atomic E-state index is 15.6. The number of nitrogens with zero attached hydrogens (tertiary/aromatic N) is 2. The van der Waals surface area contributed by atoms with E-state index >= 15 is 4.39 Å². The molecule has 0 amide bonds. The van der Waals surface area contributed by atoms with Crippen LogP contribution in [0.1, 0.15) is 41.7 Å². The maximum atomic E-state index is 15.6. The lowest BCUT2D eigenvalue weighted by Crippen LogP contribution is -2.36. The Hall–Kier alpha value is -4.52. The van der Waals surface area contributed by atoms with Gasteiger partial charge in [-0.05, 0) is 37.1 Å². The van der Waals surface area contributed by atoms with Gasteiger partial charge in [-0.3, -0.25) is 0 Å². The van der Waals surface area contributed by atoms with E-state index in [9.17, 15) is 33.4 Å². The predicted molar refractivity (Wildman–Crippen MR) is 129 cm³/mol. The van der Waals surface area contributed by atoms with Gasteiger partial charge in [0.05, 0.1) is 29.6 Å². The predicted octanol–water partition coefficient (Wildman–Crippen LogP) is 6.60. The molecule has 6 nitrogen and oxygen atoms in total. The molecule has 3 aromatic carbocycles. The first-order valence-electron chi connectivity index (χ1n) is 11.6. The Bertz CT molecular complexity index is 1670. The number of halogens is 4. The zero-order chi connectivity index (χ0) is 27.4. The number of benzene rings is 3. The molecule has 0 bridgehead atoms. The quantitative estimate of drug-likeness (QED) is 0.277. The molecule has 4 aromatic rings. The van der Waals surface area contributed by atoms with E-state index in [-0.39, 0.29) is 45.6 Å². The average Bonchev–Trinajstić information content (AvgIpc) is 3.18. The van der Waals surface area contributed by atoms with Gasteiger partial charge in [-0.2, -0.15) is 5.26 Å². The summed E-state index contributed by atoms with van der Waals surface area (Å²) in [6.45, 7) is 0. The van der Waals surface area contributed by atoms with Crippen molar-refractivity contribution in [2.24, 2.45) is 0 Å². The van der Waals surface area contributed by atoms with Crippen LogP contribution in [0, 0.1) is 34.6 Å². The Morgan fingerprint density at radius 1 is 1.11 bits per heavy atom. The van der Waals surface area contributed by atoms with E-state index in [4.69, 9.17) is 4.74 Å². The highest BCUT2D eigenvalue weighted by Crippen LogP contribution is 2.55. The van der Waals surface area contributed by atoms with Gasteiger partial charge in [0.2, 0.25) is 0 Å². The van der Waals surface area contributed by atoms with Gasteiger partial charge >= 0.3 is 5.97 Å². The van der Waals surface area contributed by atoms with Crippen LogP contribution < -0.4 is 4.74 Å². The Balaban J connectivity index is 2.00. The van der Waals surface area contributed by atoms with E-state index in [1.165, 1.54) is 23.8 Å². The molecule has 0 spiro atoms. The van der Waals surface area contributed by atoms with Crippen molar-refractivity contribution in [2.45, 2.75) is 31.1 Å². The van der Waals surface area contributed by atoms with Crippen LogP contribution in [0.2, 0.25) is 0 Å². The molecule has 1 aliphatic rings.